The van der Waals surface area contributed by atoms with Crippen molar-refractivity contribution in [1.29, 1.82) is 0 Å². The van der Waals surface area contributed by atoms with Crippen molar-refractivity contribution in [1.82, 2.24) is 15.6 Å². The number of guanidine groups is 1. The Kier molecular flexibility index (Phi) is 11.1. The van der Waals surface area contributed by atoms with E-state index in [1.54, 1.807) is 0 Å². The van der Waals surface area contributed by atoms with Crippen molar-refractivity contribution in [2.24, 2.45) is 4.99 Å². The zero-order valence-corrected chi connectivity index (χ0v) is 20.1. The van der Waals surface area contributed by atoms with E-state index in [1.807, 2.05) is 18.2 Å². The van der Waals surface area contributed by atoms with E-state index in [9.17, 15) is 0 Å². The number of fused-ring (bicyclic) bond motifs is 1. The van der Waals surface area contributed by atoms with Crippen molar-refractivity contribution >= 4 is 52.4 Å². The first kappa shape index (κ1) is 24.2. The van der Waals surface area contributed by atoms with E-state index >= 15 is 0 Å². The molecule has 3 N–H and O–H groups in total. The third kappa shape index (κ3) is 7.96. The van der Waals surface area contributed by atoms with Gasteiger partial charge in [0.25, 0.3) is 0 Å². The number of rotatable bonds is 10. The van der Waals surface area contributed by atoms with Gasteiger partial charge in [-0.15, -0.1) is 24.0 Å². The summed E-state index contributed by atoms with van der Waals surface area (Å²) in [6.45, 7) is 6.76. The van der Waals surface area contributed by atoms with Crippen LogP contribution in [0.25, 0.3) is 10.9 Å². The monoisotopic (exact) mass is 534 g/mol. The maximum atomic E-state index is 6.13. The second kappa shape index (κ2) is 13.3. The highest BCUT2D eigenvalue weighted by molar-refractivity contribution is 14.0. The third-order valence-corrected chi connectivity index (χ3v) is 5.04. The number of hydrogen-bond acceptors (Lipinski definition) is 3. The zero-order chi connectivity index (χ0) is 19.6. The number of ether oxygens (including phenoxy) is 2. The van der Waals surface area contributed by atoms with Gasteiger partial charge in [-0.3, -0.25) is 4.99 Å². The molecule has 1 unspecified atom stereocenters. The summed E-state index contributed by atoms with van der Waals surface area (Å²) in [6, 6.07) is 5.93. The van der Waals surface area contributed by atoms with Crippen LogP contribution in [0, 0.1) is 0 Å². The SMILES string of the molecule is CCNC(=NCCCOCC1CCCO1)NCCc1c[nH]c2ccc(Cl)cc12.I. The summed E-state index contributed by atoms with van der Waals surface area (Å²) in [6.07, 6.45) is 6.43. The predicted molar refractivity (Wildman–Crippen MR) is 131 cm³/mol. The molecule has 0 amide bonds. The van der Waals surface area contributed by atoms with E-state index in [1.165, 1.54) is 10.9 Å². The van der Waals surface area contributed by atoms with Crippen LogP contribution in [0.4, 0.5) is 0 Å². The number of hydrogen-bond donors (Lipinski definition) is 3. The molecule has 3 rings (SSSR count). The van der Waals surface area contributed by atoms with Crippen molar-refractivity contribution in [3.63, 3.8) is 0 Å². The van der Waals surface area contributed by atoms with E-state index in [0.29, 0.717) is 12.7 Å². The quantitative estimate of drug-likeness (QED) is 0.186. The number of nitrogens with one attached hydrogen (secondary N) is 3. The molecule has 0 bridgehead atoms. The molecule has 162 valence electrons. The molecule has 1 aromatic carbocycles. The van der Waals surface area contributed by atoms with Gasteiger partial charge in [0.05, 0.1) is 12.7 Å². The highest BCUT2D eigenvalue weighted by Gasteiger charge is 2.14. The van der Waals surface area contributed by atoms with Gasteiger partial charge >= 0.3 is 0 Å². The Labute approximate surface area is 195 Å². The predicted octanol–water partition coefficient (Wildman–Crippen LogP) is 4.12. The van der Waals surface area contributed by atoms with Gasteiger partial charge in [-0.1, -0.05) is 11.6 Å². The first-order valence-corrected chi connectivity index (χ1v) is 10.6. The van der Waals surface area contributed by atoms with Crippen LogP contribution in [0.3, 0.4) is 0 Å². The topological polar surface area (TPSA) is 70.7 Å². The van der Waals surface area contributed by atoms with Crippen molar-refractivity contribution < 1.29 is 9.47 Å². The fraction of sp³-hybridized carbons (Fsp3) is 0.571. The Bertz CT molecular complexity index is 762. The van der Waals surface area contributed by atoms with Gasteiger partial charge in [-0.2, -0.15) is 0 Å². The molecule has 2 heterocycles. The highest BCUT2D eigenvalue weighted by atomic mass is 127. The first-order valence-electron chi connectivity index (χ1n) is 10.2. The van der Waals surface area contributed by atoms with Gasteiger partial charge in [0.1, 0.15) is 0 Å². The lowest BCUT2D eigenvalue weighted by Gasteiger charge is -2.12. The van der Waals surface area contributed by atoms with Crippen LogP contribution in [0.1, 0.15) is 31.7 Å². The smallest absolute Gasteiger partial charge is 0.191 e. The highest BCUT2D eigenvalue weighted by Crippen LogP contribution is 2.22. The van der Waals surface area contributed by atoms with Gasteiger partial charge < -0.3 is 25.1 Å². The van der Waals surface area contributed by atoms with Crippen LogP contribution in [-0.2, 0) is 15.9 Å². The fourth-order valence-corrected chi connectivity index (χ4v) is 3.53. The molecule has 0 saturated carbocycles. The van der Waals surface area contributed by atoms with E-state index in [4.69, 9.17) is 21.1 Å². The zero-order valence-electron chi connectivity index (χ0n) is 17.0. The summed E-state index contributed by atoms with van der Waals surface area (Å²) in [4.78, 5) is 7.93. The Hall–Kier alpha value is -1.03. The fourth-order valence-electron chi connectivity index (χ4n) is 3.36. The number of nitrogens with zero attached hydrogens (tertiary/aromatic N) is 1. The summed E-state index contributed by atoms with van der Waals surface area (Å²) in [7, 11) is 0. The Morgan fingerprint density at radius 3 is 3.07 bits per heavy atom. The van der Waals surface area contributed by atoms with Crippen molar-refractivity contribution in [2.75, 3.05) is 39.5 Å². The van der Waals surface area contributed by atoms with Gasteiger partial charge in [-0.25, -0.2) is 0 Å². The average Bonchev–Trinajstić information content (AvgIpc) is 3.34. The maximum Gasteiger partial charge on any atom is 0.191 e. The maximum absolute atomic E-state index is 6.13. The molecular weight excluding hydrogens is 503 g/mol. The second-order valence-electron chi connectivity index (χ2n) is 7.00. The minimum atomic E-state index is 0. The Morgan fingerprint density at radius 2 is 2.28 bits per heavy atom. The molecule has 1 aliphatic heterocycles. The first-order chi connectivity index (χ1) is 13.8. The van der Waals surface area contributed by atoms with Gasteiger partial charge in [-0.05, 0) is 56.4 Å². The summed E-state index contributed by atoms with van der Waals surface area (Å²) in [5, 5.41) is 8.64. The molecule has 0 spiro atoms. The van der Waals surface area contributed by atoms with Crippen molar-refractivity contribution in [3.8, 4) is 0 Å². The molecule has 1 fully saturated rings. The standard InChI is InChI=1S/C21H31ClN4O2.HI/c1-2-23-21(24-9-4-11-27-15-18-5-3-12-28-18)25-10-8-16-14-26-20-7-6-17(22)13-19(16)20;/h6-7,13-14,18,26H,2-5,8-12,15H2,1H3,(H2,23,24,25);1H. The molecule has 1 atom stereocenters. The van der Waals surface area contributed by atoms with Crippen molar-refractivity contribution in [3.05, 3.63) is 35.0 Å². The number of H-pyrrole nitrogens is 1. The Morgan fingerprint density at radius 1 is 1.38 bits per heavy atom. The Balaban J connectivity index is 0.00000300. The summed E-state index contributed by atoms with van der Waals surface area (Å²) >= 11 is 6.13. The van der Waals surface area contributed by atoms with Crippen LogP contribution in [-0.4, -0.2) is 56.5 Å². The second-order valence-corrected chi connectivity index (χ2v) is 7.44. The molecule has 8 heteroatoms. The van der Waals surface area contributed by atoms with E-state index in [0.717, 1.165) is 75.0 Å². The van der Waals surface area contributed by atoms with Crippen LogP contribution < -0.4 is 10.6 Å². The molecule has 0 aliphatic carbocycles. The molecule has 29 heavy (non-hydrogen) atoms. The van der Waals surface area contributed by atoms with Crippen LogP contribution in [0.2, 0.25) is 5.02 Å². The van der Waals surface area contributed by atoms with Gasteiger partial charge in [0.2, 0.25) is 0 Å². The largest absolute Gasteiger partial charge is 0.379 e. The summed E-state index contributed by atoms with van der Waals surface area (Å²) < 4.78 is 11.2. The van der Waals surface area contributed by atoms with E-state index < -0.39 is 0 Å². The average molecular weight is 535 g/mol. The number of aromatic nitrogens is 1. The number of halogens is 2. The lowest BCUT2D eigenvalue weighted by atomic mass is 10.1. The number of benzene rings is 1. The van der Waals surface area contributed by atoms with Crippen LogP contribution in [0.15, 0.2) is 29.4 Å². The summed E-state index contributed by atoms with van der Waals surface area (Å²) in [5.41, 5.74) is 2.37. The third-order valence-electron chi connectivity index (χ3n) is 4.80. The number of aromatic amines is 1. The van der Waals surface area contributed by atoms with Gasteiger partial charge in [0, 0.05) is 55.0 Å². The molecule has 2 aromatic rings. The van der Waals surface area contributed by atoms with Gasteiger partial charge in [0.15, 0.2) is 5.96 Å². The summed E-state index contributed by atoms with van der Waals surface area (Å²) in [5.74, 6) is 0.847. The lowest BCUT2D eigenvalue weighted by Crippen LogP contribution is -2.38. The van der Waals surface area contributed by atoms with Crippen LogP contribution in [0.5, 0.6) is 0 Å². The van der Waals surface area contributed by atoms with E-state index in [2.05, 4.69) is 33.7 Å². The van der Waals surface area contributed by atoms with Crippen molar-refractivity contribution in [2.45, 2.75) is 38.7 Å². The lowest BCUT2D eigenvalue weighted by molar-refractivity contribution is 0.0171. The molecule has 1 saturated heterocycles. The normalized spacial score (nSPS) is 16.8. The minimum Gasteiger partial charge on any atom is -0.379 e. The molecular formula is C21H32ClIN4O2. The molecule has 1 aliphatic rings. The molecule has 1 aromatic heterocycles. The minimum absolute atomic E-state index is 0. The molecule has 0 radical (unpaired) electrons. The molecule has 6 nitrogen and oxygen atoms in total. The van der Waals surface area contributed by atoms with E-state index in [-0.39, 0.29) is 24.0 Å². The number of aliphatic imine (C=N–C) groups is 1. The van der Waals surface area contributed by atoms with Crippen LogP contribution >= 0.6 is 35.6 Å².